The Kier molecular flexibility index (Phi) is 2.80. The van der Waals surface area contributed by atoms with Gasteiger partial charge in [-0.15, -0.1) is 0 Å². The molecule has 0 aliphatic rings. The number of hydrogen-bond acceptors (Lipinski definition) is 4. The summed E-state index contributed by atoms with van der Waals surface area (Å²) in [6, 6.07) is 6.01. The van der Waals surface area contributed by atoms with Crippen molar-refractivity contribution >= 4 is 11.7 Å². The summed E-state index contributed by atoms with van der Waals surface area (Å²) >= 11 is 0. The summed E-state index contributed by atoms with van der Waals surface area (Å²) in [5, 5.41) is 23.6. The minimum atomic E-state index is -1.16. The van der Waals surface area contributed by atoms with Crippen LogP contribution in [0, 0.1) is 17.0 Å². The van der Waals surface area contributed by atoms with Gasteiger partial charge in [0, 0.05) is 17.8 Å². The molecule has 0 radical (unpaired) electrons. The predicted octanol–water partition coefficient (Wildman–Crippen LogP) is 1.79. The van der Waals surface area contributed by atoms with Crippen molar-refractivity contribution in [2.24, 2.45) is 0 Å². The fourth-order valence-corrected chi connectivity index (χ4v) is 1.61. The van der Waals surface area contributed by atoms with E-state index < -0.39 is 10.9 Å². The summed E-state index contributed by atoms with van der Waals surface area (Å²) in [4.78, 5) is 21.2. The number of rotatable bonds is 3. The van der Waals surface area contributed by atoms with Crippen molar-refractivity contribution in [3.63, 3.8) is 0 Å². The third-order valence-corrected chi connectivity index (χ3v) is 2.43. The van der Waals surface area contributed by atoms with E-state index in [0.717, 1.165) is 0 Å². The number of aromatic carboxylic acids is 1. The number of carboxylic acid groups (broad SMARTS) is 1. The lowest BCUT2D eigenvalue weighted by molar-refractivity contribution is -0.384. The molecule has 0 saturated carbocycles. The van der Waals surface area contributed by atoms with Crippen LogP contribution >= 0.6 is 0 Å². The van der Waals surface area contributed by atoms with Crippen LogP contribution in [0.2, 0.25) is 0 Å². The molecule has 18 heavy (non-hydrogen) atoms. The molecule has 0 fully saturated rings. The van der Waals surface area contributed by atoms with E-state index in [9.17, 15) is 14.9 Å². The molecule has 0 saturated heterocycles. The van der Waals surface area contributed by atoms with E-state index in [1.807, 2.05) is 0 Å². The van der Waals surface area contributed by atoms with E-state index in [1.54, 1.807) is 13.0 Å². The lowest BCUT2D eigenvalue weighted by Crippen LogP contribution is -2.03. The largest absolute Gasteiger partial charge is 0.476 e. The Labute approximate surface area is 101 Å². The number of aromatic nitrogens is 2. The summed E-state index contributed by atoms with van der Waals surface area (Å²) in [5.74, 6) is -1.16. The zero-order valence-electron chi connectivity index (χ0n) is 9.40. The van der Waals surface area contributed by atoms with Crippen molar-refractivity contribution in [3.8, 4) is 5.69 Å². The Morgan fingerprint density at radius 1 is 1.44 bits per heavy atom. The van der Waals surface area contributed by atoms with Crippen molar-refractivity contribution < 1.29 is 14.8 Å². The summed E-state index contributed by atoms with van der Waals surface area (Å²) in [6.07, 6.45) is 1.45. The third-order valence-electron chi connectivity index (χ3n) is 2.43. The number of nitrogens with zero attached hydrogens (tertiary/aromatic N) is 3. The van der Waals surface area contributed by atoms with E-state index in [-0.39, 0.29) is 17.1 Å². The zero-order chi connectivity index (χ0) is 13.3. The first kappa shape index (κ1) is 11.8. The van der Waals surface area contributed by atoms with E-state index in [4.69, 9.17) is 5.11 Å². The minimum absolute atomic E-state index is 0.117. The monoisotopic (exact) mass is 247 g/mol. The van der Waals surface area contributed by atoms with Crippen LogP contribution in [0.5, 0.6) is 0 Å². The topological polar surface area (TPSA) is 98.3 Å². The molecule has 0 spiro atoms. The first-order valence-electron chi connectivity index (χ1n) is 5.04. The quantitative estimate of drug-likeness (QED) is 0.658. The van der Waals surface area contributed by atoms with E-state index in [1.165, 1.54) is 29.1 Å². The Morgan fingerprint density at radius 3 is 2.67 bits per heavy atom. The standard InChI is InChI=1S/C11H9N3O4/c1-7-6-13(12-10(7)11(15)16)8-4-2-3-5-9(8)14(17)18/h2-6H,1H3,(H,15,16). The number of hydrogen-bond donors (Lipinski definition) is 1. The van der Waals surface area contributed by atoms with Crippen LogP contribution in [-0.4, -0.2) is 25.8 Å². The molecule has 1 aromatic carbocycles. The summed E-state index contributed by atoms with van der Waals surface area (Å²) in [5.41, 5.74) is 0.434. The highest BCUT2D eigenvalue weighted by molar-refractivity contribution is 5.86. The van der Waals surface area contributed by atoms with Gasteiger partial charge in [-0.2, -0.15) is 5.10 Å². The number of nitro benzene ring substituents is 1. The lowest BCUT2D eigenvalue weighted by Gasteiger charge is -2.01. The first-order valence-corrected chi connectivity index (χ1v) is 5.04. The van der Waals surface area contributed by atoms with Gasteiger partial charge in [0.25, 0.3) is 5.69 Å². The number of benzene rings is 1. The highest BCUT2D eigenvalue weighted by Crippen LogP contribution is 2.22. The molecule has 0 amide bonds. The van der Waals surface area contributed by atoms with Crippen molar-refractivity contribution in [1.82, 2.24) is 9.78 Å². The Bertz CT molecular complexity index is 633. The molecule has 1 N–H and O–H groups in total. The van der Waals surface area contributed by atoms with E-state index in [0.29, 0.717) is 5.56 Å². The predicted molar refractivity (Wildman–Crippen MR) is 61.9 cm³/mol. The number of carboxylic acids is 1. The molecular formula is C11H9N3O4. The Hall–Kier alpha value is -2.70. The molecule has 0 aliphatic heterocycles. The van der Waals surface area contributed by atoms with Gasteiger partial charge in [-0.05, 0) is 13.0 Å². The number of aryl methyl sites for hydroxylation is 1. The Balaban J connectivity index is 2.59. The molecule has 0 bridgehead atoms. The molecular weight excluding hydrogens is 238 g/mol. The number of nitro groups is 1. The van der Waals surface area contributed by atoms with Gasteiger partial charge in [0.05, 0.1) is 4.92 Å². The van der Waals surface area contributed by atoms with Gasteiger partial charge in [0.2, 0.25) is 0 Å². The van der Waals surface area contributed by atoms with E-state index >= 15 is 0 Å². The maximum atomic E-state index is 10.9. The minimum Gasteiger partial charge on any atom is -0.476 e. The van der Waals surface area contributed by atoms with Gasteiger partial charge in [-0.1, -0.05) is 12.1 Å². The molecule has 0 aliphatic carbocycles. The molecule has 1 heterocycles. The average molecular weight is 247 g/mol. The SMILES string of the molecule is Cc1cn(-c2ccccc2[N+](=O)[O-])nc1C(=O)O. The zero-order valence-corrected chi connectivity index (χ0v) is 9.40. The molecule has 7 heteroatoms. The molecule has 2 aromatic rings. The van der Waals surface area contributed by atoms with Crippen LogP contribution in [-0.2, 0) is 0 Å². The van der Waals surface area contributed by atoms with Gasteiger partial charge in [0.15, 0.2) is 5.69 Å². The third kappa shape index (κ3) is 1.93. The second-order valence-electron chi connectivity index (χ2n) is 3.66. The van der Waals surface area contributed by atoms with Crippen LogP contribution in [0.15, 0.2) is 30.5 Å². The van der Waals surface area contributed by atoms with Crippen LogP contribution in [0.3, 0.4) is 0 Å². The maximum Gasteiger partial charge on any atom is 0.356 e. The second kappa shape index (κ2) is 4.28. The van der Waals surface area contributed by atoms with Gasteiger partial charge in [-0.3, -0.25) is 10.1 Å². The summed E-state index contributed by atoms with van der Waals surface area (Å²) in [7, 11) is 0. The normalized spacial score (nSPS) is 10.3. The van der Waals surface area contributed by atoms with Crippen molar-refractivity contribution in [2.45, 2.75) is 6.92 Å². The number of para-hydroxylation sites is 2. The summed E-state index contributed by atoms with van der Waals surface area (Å²) in [6.45, 7) is 1.59. The lowest BCUT2D eigenvalue weighted by atomic mass is 10.2. The van der Waals surface area contributed by atoms with Gasteiger partial charge >= 0.3 is 5.97 Å². The highest BCUT2D eigenvalue weighted by Gasteiger charge is 2.18. The van der Waals surface area contributed by atoms with Crippen LogP contribution < -0.4 is 0 Å². The molecule has 2 rings (SSSR count). The molecule has 7 nitrogen and oxygen atoms in total. The fraction of sp³-hybridized carbons (Fsp3) is 0.0909. The van der Waals surface area contributed by atoms with Gasteiger partial charge < -0.3 is 5.11 Å². The molecule has 0 atom stereocenters. The maximum absolute atomic E-state index is 10.9. The molecule has 1 aromatic heterocycles. The highest BCUT2D eigenvalue weighted by atomic mass is 16.6. The van der Waals surface area contributed by atoms with Crippen molar-refractivity contribution in [1.29, 1.82) is 0 Å². The van der Waals surface area contributed by atoms with Crippen molar-refractivity contribution in [3.05, 3.63) is 51.8 Å². The number of carbonyl (C=O) groups is 1. The average Bonchev–Trinajstić information content (AvgIpc) is 2.71. The first-order chi connectivity index (χ1) is 8.50. The van der Waals surface area contributed by atoms with E-state index in [2.05, 4.69) is 5.10 Å². The van der Waals surface area contributed by atoms with Crippen LogP contribution in [0.4, 0.5) is 5.69 Å². The second-order valence-corrected chi connectivity index (χ2v) is 3.66. The fourth-order valence-electron chi connectivity index (χ4n) is 1.61. The smallest absolute Gasteiger partial charge is 0.356 e. The van der Waals surface area contributed by atoms with Gasteiger partial charge in [0.1, 0.15) is 5.69 Å². The van der Waals surface area contributed by atoms with Crippen molar-refractivity contribution in [2.75, 3.05) is 0 Å². The summed E-state index contributed by atoms with van der Waals surface area (Å²) < 4.78 is 1.21. The molecule has 92 valence electrons. The Morgan fingerprint density at radius 2 is 2.11 bits per heavy atom. The van der Waals surface area contributed by atoms with Crippen LogP contribution in [0.1, 0.15) is 16.1 Å². The van der Waals surface area contributed by atoms with Gasteiger partial charge in [-0.25, -0.2) is 9.48 Å². The molecule has 0 unspecified atom stereocenters. The van der Waals surface area contributed by atoms with Crippen LogP contribution in [0.25, 0.3) is 5.69 Å².